The first kappa shape index (κ1) is 31.8. The molecule has 3 saturated heterocycles. The number of benzene rings is 1. The summed E-state index contributed by atoms with van der Waals surface area (Å²) in [6.07, 6.45) is 5.43. The molecule has 10 heteroatoms. The first-order valence-corrected chi connectivity index (χ1v) is 15.8. The Bertz CT molecular complexity index is 1260. The van der Waals surface area contributed by atoms with Gasteiger partial charge in [-0.15, -0.1) is 5.10 Å². The molecule has 2 aromatic rings. The molecule has 0 saturated carbocycles. The molecule has 0 radical (unpaired) electrons. The van der Waals surface area contributed by atoms with Crippen molar-refractivity contribution in [3.63, 3.8) is 0 Å². The summed E-state index contributed by atoms with van der Waals surface area (Å²) in [5, 5.41) is 40.9. The molecule has 4 atom stereocenters. The molecule has 0 amide bonds. The van der Waals surface area contributed by atoms with Gasteiger partial charge in [0.1, 0.15) is 18.3 Å². The van der Waals surface area contributed by atoms with Crippen molar-refractivity contribution in [2.24, 2.45) is 5.41 Å². The lowest BCUT2D eigenvalue weighted by Gasteiger charge is -2.45. The summed E-state index contributed by atoms with van der Waals surface area (Å²) in [7, 11) is 0. The lowest BCUT2D eigenvalue weighted by Crippen LogP contribution is -2.57. The smallest absolute Gasteiger partial charge is 0.238 e. The van der Waals surface area contributed by atoms with Crippen molar-refractivity contribution in [3.8, 4) is 5.88 Å². The Morgan fingerprint density at radius 2 is 2.02 bits per heavy atom. The highest BCUT2D eigenvalue weighted by atomic mass is 16.7. The van der Waals surface area contributed by atoms with Gasteiger partial charge in [-0.2, -0.15) is 0 Å². The average Bonchev–Trinajstić information content (AvgIpc) is 3.39. The second-order valence-corrected chi connectivity index (χ2v) is 12.9. The number of aliphatic hydroxyl groups excluding tert-OH is 3. The molecule has 0 aliphatic carbocycles. The van der Waals surface area contributed by atoms with Crippen LogP contribution in [0.4, 0.5) is 0 Å². The minimum atomic E-state index is -1.71. The fourth-order valence-corrected chi connectivity index (χ4v) is 6.82. The molecule has 0 bridgehead atoms. The minimum Gasteiger partial charge on any atom is -0.443 e. The molecule has 10 nitrogen and oxygen atoms in total. The number of piperidine rings is 2. The Hall–Kier alpha value is -2.60. The number of aryl methyl sites for hydroxylation is 1. The fourth-order valence-electron chi connectivity index (χ4n) is 6.82. The van der Waals surface area contributed by atoms with Gasteiger partial charge in [-0.1, -0.05) is 44.2 Å². The summed E-state index contributed by atoms with van der Waals surface area (Å²) in [6, 6.07) is 6.44. The molecule has 1 spiro atoms. The van der Waals surface area contributed by atoms with Crippen LogP contribution in [0.2, 0.25) is 0 Å². The Labute approximate surface area is 254 Å². The predicted molar refractivity (Wildman–Crippen MR) is 164 cm³/mol. The highest BCUT2D eigenvalue weighted by molar-refractivity contribution is 5.88. The first-order chi connectivity index (χ1) is 20.7. The van der Waals surface area contributed by atoms with Crippen LogP contribution < -0.4 is 10.1 Å². The van der Waals surface area contributed by atoms with E-state index in [4.69, 9.17) is 9.47 Å². The van der Waals surface area contributed by atoms with Gasteiger partial charge in [-0.3, -0.25) is 9.89 Å². The van der Waals surface area contributed by atoms with Gasteiger partial charge in [0, 0.05) is 30.8 Å². The Balaban J connectivity index is 1.22. The van der Waals surface area contributed by atoms with E-state index >= 15 is 0 Å². The summed E-state index contributed by atoms with van der Waals surface area (Å²) >= 11 is 0. The number of carbonyl (C=O) groups is 1. The van der Waals surface area contributed by atoms with Crippen molar-refractivity contribution in [2.75, 3.05) is 39.3 Å². The number of hydrogen-bond donors (Lipinski definition) is 5. The van der Waals surface area contributed by atoms with E-state index in [1.807, 2.05) is 13.8 Å². The van der Waals surface area contributed by atoms with Crippen LogP contribution in [-0.2, 0) is 16.0 Å². The molecule has 4 heterocycles. The van der Waals surface area contributed by atoms with Crippen LogP contribution in [0.1, 0.15) is 79.8 Å². The van der Waals surface area contributed by atoms with Crippen molar-refractivity contribution in [3.05, 3.63) is 52.2 Å². The number of likely N-dealkylation sites (tertiary alicyclic amines) is 1. The topological polar surface area (TPSA) is 140 Å². The Morgan fingerprint density at radius 3 is 2.74 bits per heavy atom. The highest BCUT2D eigenvalue weighted by Gasteiger charge is 2.45. The number of Topliss-reactive ketones (excluding diaryl/α,β-unsaturated/α-hetero) is 1. The third-order valence-electron chi connectivity index (χ3n) is 9.40. The maximum Gasteiger partial charge on any atom is 0.238 e. The summed E-state index contributed by atoms with van der Waals surface area (Å²) in [4.78, 5) is 14.7. The van der Waals surface area contributed by atoms with Crippen molar-refractivity contribution < 1.29 is 29.6 Å². The normalized spacial score (nSPS) is 26.5. The van der Waals surface area contributed by atoms with E-state index in [1.165, 1.54) is 38.8 Å². The van der Waals surface area contributed by atoms with Gasteiger partial charge in [-0.25, -0.2) is 0 Å². The van der Waals surface area contributed by atoms with E-state index in [0.29, 0.717) is 11.8 Å². The summed E-state index contributed by atoms with van der Waals surface area (Å²) in [6.45, 7) is 11.4. The Kier molecular flexibility index (Phi) is 10.4. The molecule has 1 aromatic heterocycles. The van der Waals surface area contributed by atoms with Crippen molar-refractivity contribution >= 4 is 11.9 Å². The second-order valence-electron chi connectivity index (χ2n) is 12.9. The zero-order valence-electron chi connectivity index (χ0n) is 25.7. The maximum absolute atomic E-state index is 12.1. The van der Waals surface area contributed by atoms with Crippen LogP contribution in [0.3, 0.4) is 0 Å². The van der Waals surface area contributed by atoms with E-state index < -0.39 is 37.0 Å². The van der Waals surface area contributed by atoms with Crippen LogP contribution in [0.5, 0.6) is 5.88 Å². The zero-order valence-corrected chi connectivity index (χ0v) is 25.7. The van der Waals surface area contributed by atoms with Gasteiger partial charge in [-0.05, 0) is 86.7 Å². The third kappa shape index (κ3) is 7.38. The van der Waals surface area contributed by atoms with Crippen LogP contribution in [-0.4, -0.2) is 100 Å². The third-order valence-corrected chi connectivity index (χ3v) is 9.40. The molecule has 3 fully saturated rings. The molecule has 3 aliphatic rings. The van der Waals surface area contributed by atoms with E-state index in [1.54, 1.807) is 0 Å². The molecule has 43 heavy (non-hydrogen) atoms. The predicted octanol–water partition coefficient (Wildman–Crippen LogP) is 2.69. The van der Waals surface area contributed by atoms with E-state index in [-0.39, 0.29) is 11.8 Å². The van der Waals surface area contributed by atoms with Crippen LogP contribution >= 0.6 is 0 Å². The molecule has 0 unspecified atom stereocenters. The molecule has 1 aromatic carbocycles. The number of aliphatic hydroxyl groups is 3. The second kappa shape index (κ2) is 14.0. The van der Waals surface area contributed by atoms with Gasteiger partial charge in [0.05, 0.1) is 6.61 Å². The lowest BCUT2D eigenvalue weighted by molar-refractivity contribution is -0.230. The molecule has 3 aliphatic heterocycles. The van der Waals surface area contributed by atoms with Gasteiger partial charge in [0.2, 0.25) is 12.2 Å². The van der Waals surface area contributed by atoms with Crippen molar-refractivity contribution in [1.29, 1.82) is 0 Å². The summed E-state index contributed by atoms with van der Waals surface area (Å²) in [5.41, 5.74) is 5.65. The fraction of sp³-hybridized carbons (Fsp3) is 0.636. The number of nitrogens with zero attached hydrogens (tertiary/aromatic N) is 2. The maximum atomic E-state index is 12.1. The van der Waals surface area contributed by atoms with Crippen molar-refractivity contribution in [1.82, 2.24) is 20.4 Å². The molecule has 5 N–H and O–H groups in total. The standard InChI is InChI=1S/C33H48N4O6/c1-21(2)27-25(31(36-35-27)43-32-30(41)29(40)28(39)26(19-38)42-32)18-24-9-8-23(17-22(24)3)7-4-5-15-37-16-6-10-33(20-37)11-13-34-14-12-33/h4,7-9,17,21,26,29-30,32,34,38,40-41H,5-6,10-16,18-20H2,1-3H3,(H,35,36)/b7-4+/t26-,29+,30-,32+/m1/s1. The first-order valence-electron chi connectivity index (χ1n) is 15.8. The molecule has 236 valence electrons. The zero-order chi connectivity index (χ0) is 30.6. The number of ether oxygens (including phenoxy) is 2. The molecule has 5 rings (SSSR count). The quantitative estimate of drug-likeness (QED) is 0.280. The number of carbonyl (C=O) groups excluding carboxylic acids is 1. The highest BCUT2D eigenvalue weighted by Crippen LogP contribution is 2.38. The number of aromatic nitrogens is 2. The monoisotopic (exact) mass is 596 g/mol. The van der Waals surface area contributed by atoms with Gasteiger partial charge in [0.25, 0.3) is 0 Å². The number of aromatic amines is 1. The lowest BCUT2D eigenvalue weighted by atomic mass is 9.73. The SMILES string of the molecule is Cc1cc(/C=C/CCN2CCCC3(CCNCC3)C2)ccc1Cc1c(O[C@@H]2O[C@H](CO)C(=O)[C@H](O)[C@H]2O)n[nH]c1C(C)C. The minimum absolute atomic E-state index is 0.126. The van der Waals surface area contributed by atoms with Gasteiger partial charge < -0.3 is 35.0 Å². The van der Waals surface area contributed by atoms with Crippen LogP contribution in [0.15, 0.2) is 24.3 Å². The average molecular weight is 597 g/mol. The molecular formula is C33H48N4O6. The van der Waals surface area contributed by atoms with E-state index in [9.17, 15) is 20.1 Å². The van der Waals surface area contributed by atoms with E-state index in [2.05, 4.69) is 57.7 Å². The summed E-state index contributed by atoms with van der Waals surface area (Å²) in [5.74, 6) is -0.415. The summed E-state index contributed by atoms with van der Waals surface area (Å²) < 4.78 is 11.4. The number of rotatable bonds is 10. The number of ketones is 1. The molecular weight excluding hydrogens is 548 g/mol. The van der Waals surface area contributed by atoms with Crippen LogP contribution in [0.25, 0.3) is 6.08 Å². The van der Waals surface area contributed by atoms with Gasteiger partial charge >= 0.3 is 0 Å². The number of hydrogen-bond acceptors (Lipinski definition) is 9. The van der Waals surface area contributed by atoms with E-state index in [0.717, 1.165) is 54.0 Å². The largest absolute Gasteiger partial charge is 0.443 e. The van der Waals surface area contributed by atoms with Crippen molar-refractivity contribution in [2.45, 2.75) is 89.8 Å². The number of nitrogens with one attached hydrogen (secondary N) is 2. The Morgan fingerprint density at radius 1 is 1.23 bits per heavy atom. The van der Waals surface area contributed by atoms with Crippen LogP contribution in [0, 0.1) is 12.3 Å². The number of H-pyrrole nitrogens is 1. The van der Waals surface area contributed by atoms with Gasteiger partial charge in [0.15, 0.2) is 5.78 Å².